The Kier molecular flexibility index (Phi) is 6.85. The van der Waals surface area contributed by atoms with Crippen molar-refractivity contribution in [2.24, 2.45) is 0 Å². The van der Waals surface area contributed by atoms with Gasteiger partial charge in [-0.3, -0.25) is 14.7 Å². The Morgan fingerprint density at radius 3 is 2.55 bits per heavy atom. The number of thiazole rings is 1. The Hall–Kier alpha value is -3.91. The fourth-order valence-electron chi connectivity index (χ4n) is 3.32. The second-order valence-electron chi connectivity index (χ2n) is 7.04. The molecule has 4 aromatic rings. The topological polar surface area (TPSA) is 73.8 Å². The molecule has 0 saturated carbocycles. The molecule has 0 bridgehead atoms. The van der Waals surface area contributed by atoms with E-state index >= 15 is 0 Å². The standard InChI is InChI=1S/C25H23N3O4S/c1-30-19-11-9-17(14-21(19)32-3)10-12-23(29)28(16-18-6-5-13-26-15-18)25-27-24-20(31-2)7-4-8-22(24)33-25/h4-15H,16H2,1-3H3/b12-10+. The third-order valence-corrected chi connectivity index (χ3v) is 6.02. The van der Waals surface area contributed by atoms with Crippen molar-refractivity contribution in [1.29, 1.82) is 0 Å². The van der Waals surface area contributed by atoms with Crippen LogP contribution in [0.25, 0.3) is 16.3 Å². The van der Waals surface area contributed by atoms with Gasteiger partial charge >= 0.3 is 0 Å². The first-order valence-corrected chi connectivity index (χ1v) is 11.0. The van der Waals surface area contributed by atoms with Gasteiger partial charge in [0.05, 0.1) is 32.6 Å². The lowest BCUT2D eigenvalue weighted by atomic mass is 10.2. The number of rotatable bonds is 8. The van der Waals surface area contributed by atoms with E-state index in [0.29, 0.717) is 28.9 Å². The van der Waals surface area contributed by atoms with E-state index < -0.39 is 0 Å². The van der Waals surface area contributed by atoms with Gasteiger partial charge in [0, 0.05) is 18.5 Å². The summed E-state index contributed by atoms with van der Waals surface area (Å²) < 4.78 is 17.0. The summed E-state index contributed by atoms with van der Waals surface area (Å²) in [6.45, 7) is 0.338. The number of ether oxygens (including phenoxy) is 3. The number of fused-ring (bicyclic) bond motifs is 1. The fourth-order valence-corrected chi connectivity index (χ4v) is 4.31. The van der Waals surface area contributed by atoms with Crippen LogP contribution in [0.1, 0.15) is 11.1 Å². The van der Waals surface area contributed by atoms with E-state index in [-0.39, 0.29) is 5.91 Å². The van der Waals surface area contributed by atoms with Crippen LogP contribution in [0.2, 0.25) is 0 Å². The average molecular weight is 462 g/mol. The van der Waals surface area contributed by atoms with Gasteiger partial charge in [-0.2, -0.15) is 0 Å². The van der Waals surface area contributed by atoms with Crippen molar-refractivity contribution >= 4 is 38.7 Å². The molecule has 0 unspecified atom stereocenters. The van der Waals surface area contributed by atoms with Crippen LogP contribution in [0.15, 0.2) is 67.0 Å². The van der Waals surface area contributed by atoms with Crippen molar-refractivity contribution in [2.75, 3.05) is 26.2 Å². The molecule has 0 spiro atoms. The van der Waals surface area contributed by atoms with Crippen LogP contribution in [-0.4, -0.2) is 37.2 Å². The Morgan fingerprint density at radius 2 is 1.82 bits per heavy atom. The van der Waals surface area contributed by atoms with Crippen molar-refractivity contribution in [3.05, 3.63) is 78.1 Å². The van der Waals surface area contributed by atoms with Crippen LogP contribution >= 0.6 is 11.3 Å². The molecular weight excluding hydrogens is 438 g/mol. The van der Waals surface area contributed by atoms with E-state index in [2.05, 4.69) is 4.98 Å². The van der Waals surface area contributed by atoms with Crippen molar-refractivity contribution in [3.63, 3.8) is 0 Å². The summed E-state index contributed by atoms with van der Waals surface area (Å²) in [5.41, 5.74) is 2.44. The molecule has 2 aromatic carbocycles. The van der Waals surface area contributed by atoms with E-state index in [1.165, 1.54) is 17.4 Å². The second kappa shape index (κ2) is 10.1. The number of amides is 1. The lowest BCUT2D eigenvalue weighted by Gasteiger charge is -2.18. The molecule has 0 fully saturated rings. The molecule has 0 N–H and O–H groups in total. The normalized spacial score (nSPS) is 11.0. The van der Waals surface area contributed by atoms with Crippen LogP contribution in [-0.2, 0) is 11.3 Å². The average Bonchev–Trinajstić information content (AvgIpc) is 3.30. The number of benzene rings is 2. The van der Waals surface area contributed by atoms with Crippen molar-refractivity contribution in [1.82, 2.24) is 9.97 Å². The van der Waals surface area contributed by atoms with E-state index in [0.717, 1.165) is 21.3 Å². The lowest BCUT2D eigenvalue weighted by molar-refractivity contribution is -0.114. The first-order chi connectivity index (χ1) is 16.1. The van der Waals surface area contributed by atoms with Crippen LogP contribution in [0, 0.1) is 0 Å². The van der Waals surface area contributed by atoms with Crippen LogP contribution in [0.4, 0.5) is 5.13 Å². The number of hydrogen-bond donors (Lipinski definition) is 0. The molecule has 0 saturated heterocycles. The van der Waals surface area contributed by atoms with E-state index in [1.54, 1.807) is 50.8 Å². The first kappa shape index (κ1) is 22.3. The summed E-state index contributed by atoms with van der Waals surface area (Å²) >= 11 is 1.44. The Bertz CT molecular complexity index is 1290. The van der Waals surface area contributed by atoms with Gasteiger partial charge in [0.25, 0.3) is 5.91 Å². The van der Waals surface area contributed by atoms with E-state index in [4.69, 9.17) is 19.2 Å². The number of carbonyl (C=O) groups excluding carboxylic acids is 1. The number of pyridine rings is 1. The Labute approximate surface area is 195 Å². The molecule has 2 aromatic heterocycles. The Balaban J connectivity index is 1.67. The molecule has 7 nitrogen and oxygen atoms in total. The predicted octanol–water partition coefficient (Wildman–Crippen LogP) is 4.96. The minimum atomic E-state index is -0.202. The monoisotopic (exact) mass is 461 g/mol. The molecule has 1 amide bonds. The van der Waals surface area contributed by atoms with Gasteiger partial charge in [-0.05, 0) is 47.5 Å². The van der Waals surface area contributed by atoms with Gasteiger partial charge < -0.3 is 14.2 Å². The molecule has 2 heterocycles. The zero-order chi connectivity index (χ0) is 23.2. The smallest absolute Gasteiger partial charge is 0.253 e. The molecule has 0 atom stereocenters. The van der Waals surface area contributed by atoms with Gasteiger partial charge in [0.15, 0.2) is 16.6 Å². The first-order valence-electron chi connectivity index (χ1n) is 10.2. The van der Waals surface area contributed by atoms with Gasteiger partial charge in [0.1, 0.15) is 11.3 Å². The predicted molar refractivity (Wildman–Crippen MR) is 130 cm³/mol. The highest BCUT2D eigenvalue weighted by atomic mass is 32.1. The maximum Gasteiger partial charge on any atom is 0.253 e. The third-order valence-electron chi connectivity index (χ3n) is 4.98. The zero-order valence-corrected chi connectivity index (χ0v) is 19.3. The molecule has 0 aliphatic heterocycles. The van der Waals surface area contributed by atoms with E-state index in [1.807, 2.05) is 42.5 Å². The highest BCUT2D eigenvalue weighted by Crippen LogP contribution is 2.35. The summed E-state index contributed by atoms with van der Waals surface area (Å²) in [7, 11) is 4.77. The summed E-state index contributed by atoms with van der Waals surface area (Å²) in [4.78, 5) is 23.9. The molecule has 0 aliphatic carbocycles. The molecular formula is C25H23N3O4S. The third kappa shape index (κ3) is 4.96. The zero-order valence-electron chi connectivity index (χ0n) is 18.5. The van der Waals surface area contributed by atoms with Crippen LogP contribution in [0.5, 0.6) is 17.2 Å². The number of anilines is 1. The summed E-state index contributed by atoms with van der Waals surface area (Å²) in [5, 5.41) is 0.584. The Morgan fingerprint density at radius 1 is 1.00 bits per heavy atom. The minimum absolute atomic E-state index is 0.202. The molecule has 33 heavy (non-hydrogen) atoms. The lowest BCUT2D eigenvalue weighted by Crippen LogP contribution is -2.28. The number of nitrogens with zero attached hydrogens (tertiary/aromatic N) is 3. The molecule has 0 radical (unpaired) electrons. The molecule has 4 rings (SSSR count). The maximum atomic E-state index is 13.3. The SMILES string of the molecule is COc1ccc(/C=C/C(=O)N(Cc2cccnc2)c2nc3c(OC)cccc3s2)cc1OC. The quantitative estimate of drug-likeness (QED) is 0.345. The summed E-state index contributed by atoms with van der Waals surface area (Å²) in [6.07, 6.45) is 6.72. The van der Waals surface area contributed by atoms with Crippen molar-refractivity contribution < 1.29 is 19.0 Å². The summed E-state index contributed by atoms with van der Waals surface area (Å²) in [5.74, 6) is 1.69. The van der Waals surface area contributed by atoms with E-state index in [9.17, 15) is 4.79 Å². The van der Waals surface area contributed by atoms with Gasteiger partial charge in [-0.15, -0.1) is 0 Å². The maximum absolute atomic E-state index is 13.3. The van der Waals surface area contributed by atoms with Gasteiger partial charge in [-0.25, -0.2) is 4.98 Å². The van der Waals surface area contributed by atoms with Gasteiger partial charge in [0.2, 0.25) is 0 Å². The van der Waals surface area contributed by atoms with Crippen LogP contribution < -0.4 is 19.1 Å². The number of carbonyl (C=O) groups is 1. The largest absolute Gasteiger partial charge is 0.494 e. The number of methoxy groups -OCH3 is 3. The molecule has 8 heteroatoms. The second-order valence-corrected chi connectivity index (χ2v) is 8.05. The minimum Gasteiger partial charge on any atom is -0.494 e. The van der Waals surface area contributed by atoms with Gasteiger partial charge in [-0.1, -0.05) is 29.5 Å². The molecule has 168 valence electrons. The fraction of sp³-hybridized carbons (Fsp3) is 0.160. The summed E-state index contributed by atoms with van der Waals surface area (Å²) in [6, 6.07) is 15.0. The van der Waals surface area contributed by atoms with Crippen LogP contribution in [0.3, 0.4) is 0 Å². The highest BCUT2D eigenvalue weighted by Gasteiger charge is 2.20. The number of hydrogen-bond acceptors (Lipinski definition) is 7. The number of para-hydroxylation sites is 1. The number of aromatic nitrogens is 2. The van der Waals surface area contributed by atoms with Crippen molar-refractivity contribution in [3.8, 4) is 17.2 Å². The van der Waals surface area contributed by atoms with Crippen molar-refractivity contribution in [2.45, 2.75) is 6.54 Å². The highest BCUT2D eigenvalue weighted by molar-refractivity contribution is 7.22. The molecule has 0 aliphatic rings.